The molecule has 5 N–H and O–H groups in total. The highest BCUT2D eigenvalue weighted by Crippen LogP contribution is 2.32. The van der Waals surface area contributed by atoms with Gasteiger partial charge in [0.2, 0.25) is 10.0 Å². The summed E-state index contributed by atoms with van der Waals surface area (Å²) in [6.45, 7) is 0. The maximum atomic E-state index is 13.5. The average Bonchev–Trinajstić information content (AvgIpc) is 3.48. The smallest absolute Gasteiger partial charge is 0.380 e. The summed E-state index contributed by atoms with van der Waals surface area (Å²) in [7, 11) is -3.99. The molecule has 5 aromatic rings. The third-order valence-corrected chi connectivity index (χ3v) is 6.57. The van der Waals surface area contributed by atoms with Crippen molar-refractivity contribution in [1.29, 1.82) is 0 Å². The minimum absolute atomic E-state index is 0.0279. The van der Waals surface area contributed by atoms with E-state index in [0.29, 0.717) is 28.2 Å². The number of carbonyl (C=O) groups excluding carboxylic acids is 1. The third kappa shape index (κ3) is 4.69. The molecule has 0 saturated heterocycles. The zero-order chi connectivity index (χ0) is 27.2. The highest BCUT2D eigenvalue weighted by atomic mass is 32.2. The molecule has 0 atom stereocenters. The molecule has 0 spiro atoms. The van der Waals surface area contributed by atoms with E-state index in [2.05, 4.69) is 15.6 Å². The fraction of sp³-hybridized carbons (Fsp3) is 0.0417. The van der Waals surface area contributed by atoms with Crippen LogP contribution >= 0.6 is 0 Å². The summed E-state index contributed by atoms with van der Waals surface area (Å²) < 4.78 is 70.1. The highest BCUT2D eigenvalue weighted by Gasteiger charge is 2.36. The van der Waals surface area contributed by atoms with Gasteiger partial charge in [-0.15, -0.1) is 0 Å². The first-order valence-electron chi connectivity index (χ1n) is 10.8. The molecular weight excluding hydrogens is 525 g/mol. The molecule has 194 valence electrons. The molecule has 2 heterocycles. The van der Waals surface area contributed by atoms with Crippen LogP contribution in [0.15, 0.2) is 82.2 Å². The molecule has 0 radical (unpaired) electrons. The number of hydrogen-bond donors (Lipinski definition) is 3. The Morgan fingerprint density at radius 2 is 1.71 bits per heavy atom. The molecule has 2 aromatic heterocycles. The number of nitrogens with zero attached hydrogens (tertiary/aromatic N) is 3. The number of halogens is 3. The van der Waals surface area contributed by atoms with Crippen LogP contribution in [-0.2, 0) is 16.2 Å². The zero-order valence-corrected chi connectivity index (χ0v) is 19.9. The van der Waals surface area contributed by atoms with Gasteiger partial charge in [0.05, 0.1) is 16.0 Å². The molecule has 0 saturated carbocycles. The first-order valence-corrected chi connectivity index (χ1v) is 12.3. The van der Waals surface area contributed by atoms with Gasteiger partial charge in [0.15, 0.2) is 17.1 Å². The Morgan fingerprint density at radius 1 is 1.00 bits per heavy atom. The number of sulfonamides is 1. The maximum Gasteiger partial charge on any atom is 0.435 e. The number of carbonyl (C=O) groups is 1. The molecule has 1 amide bonds. The zero-order valence-electron chi connectivity index (χ0n) is 19.1. The Morgan fingerprint density at radius 3 is 2.39 bits per heavy atom. The van der Waals surface area contributed by atoms with E-state index in [1.165, 1.54) is 42.5 Å². The van der Waals surface area contributed by atoms with E-state index in [1.807, 2.05) is 0 Å². The Balaban J connectivity index is 1.48. The van der Waals surface area contributed by atoms with E-state index in [-0.39, 0.29) is 22.1 Å². The topological polar surface area (TPSA) is 159 Å². The molecule has 14 heteroatoms. The van der Waals surface area contributed by atoms with Crippen molar-refractivity contribution in [2.45, 2.75) is 11.1 Å². The lowest BCUT2D eigenvalue weighted by Gasteiger charge is -2.11. The molecule has 3 aromatic carbocycles. The van der Waals surface area contributed by atoms with E-state index >= 15 is 0 Å². The van der Waals surface area contributed by atoms with Gasteiger partial charge in [-0.25, -0.2) is 18.2 Å². The Hall–Kier alpha value is -4.69. The Bertz CT molecular complexity index is 1790. The molecule has 0 unspecified atom stereocenters. The predicted octanol–water partition coefficient (Wildman–Crippen LogP) is 4.18. The molecular formula is C24H17F3N6O4S. The summed E-state index contributed by atoms with van der Waals surface area (Å²) in [6, 6.07) is 17.0. The van der Waals surface area contributed by atoms with Crippen LogP contribution in [0.4, 0.5) is 24.7 Å². The number of fused-ring (bicyclic) bond motifs is 1. The van der Waals surface area contributed by atoms with Gasteiger partial charge in [-0.2, -0.15) is 18.3 Å². The summed E-state index contributed by atoms with van der Waals surface area (Å²) in [5.41, 5.74) is 5.62. The Kier molecular flexibility index (Phi) is 5.92. The normalized spacial score (nSPS) is 12.1. The standard InChI is InChI=1S/C24H17F3N6O4S/c25-24(26,27)21-12-18(33(31-21)15-9-10-19-17(11-15)22(28)32-37-19)23(34)30-14-7-5-13(6-8-14)16-3-1-2-4-20(16)38(29,35)36/h1-12H,(H2,28,32)(H,30,34)(H2,29,35,36). The van der Waals surface area contributed by atoms with Crippen molar-refractivity contribution in [3.63, 3.8) is 0 Å². The molecule has 0 aliphatic heterocycles. The molecule has 0 aliphatic carbocycles. The monoisotopic (exact) mass is 542 g/mol. The van der Waals surface area contributed by atoms with Crippen LogP contribution in [0, 0.1) is 0 Å². The number of alkyl halides is 3. The van der Waals surface area contributed by atoms with Crippen LogP contribution in [0.3, 0.4) is 0 Å². The van der Waals surface area contributed by atoms with Crippen molar-refractivity contribution in [1.82, 2.24) is 14.9 Å². The van der Waals surface area contributed by atoms with Crippen molar-refractivity contribution >= 4 is 38.4 Å². The van der Waals surface area contributed by atoms with Crippen LogP contribution in [-0.4, -0.2) is 29.3 Å². The lowest BCUT2D eigenvalue weighted by atomic mass is 10.1. The van der Waals surface area contributed by atoms with Crippen molar-refractivity contribution < 1.29 is 30.9 Å². The number of aromatic nitrogens is 3. The summed E-state index contributed by atoms with van der Waals surface area (Å²) >= 11 is 0. The number of nitrogens with one attached hydrogen (secondary N) is 1. The van der Waals surface area contributed by atoms with Gasteiger partial charge >= 0.3 is 6.18 Å². The Labute approximate surface area is 212 Å². The number of primary sulfonamides is 1. The minimum atomic E-state index is -4.81. The lowest BCUT2D eigenvalue weighted by Crippen LogP contribution is -2.17. The summed E-state index contributed by atoms with van der Waals surface area (Å²) in [5, 5.41) is 15.4. The SMILES string of the molecule is Nc1noc2ccc(-n3nc(C(F)(F)F)cc3C(=O)Nc3ccc(-c4ccccc4S(N)(=O)=O)cc3)cc12. The van der Waals surface area contributed by atoms with Gasteiger partial charge in [-0.3, -0.25) is 4.79 Å². The van der Waals surface area contributed by atoms with Crippen LogP contribution in [0.1, 0.15) is 16.2 Å². The van der Waals surface area contributed by atoms with Gasteiger partial charge in [-0.1, -0.05) is 35.5 Å². The highest BCUT2D eigenvalue weighted by molar-refractivity contribution is 7.89. The van der Waals surface area contributed by atoms with E-state index in [0.717, 1.165) is 4.68 Å². The van der Waals surface area contributed by atoms with Gasteiger partial charge < -0.3 is 15.6 Å². The fourth-order valence-corrected chi connectivity index (χ4v) is 4.60. The van der Waals surface area contributed by atoms with Crippen LogP contribution < -0.4 is 16.2 Å². The first kappa shape index (κ1) is 25.0. The number of amides is 1. The lowest BCUT2D eigenvalue weighted by molar-refractivity contribution is -0.141. The molecule has 0 fully saturated rings. The minimum Gasteiger partial charge on any atom is -0.380 e. The van der Waals surface area contributed by atoms with Crippen molar-refractivity contribution in [3.05, 3.63) is 84.2 Å². The summed E-state index contributed by atoms with van der Waals surface area (Å²) in [4.78, 5) is 13.0. The maximum absolute atomic E-state index is 13.5. The average molecular weight is 542 g/mol. The molecule has 0 bridgehead atoms. The van der Waals surface area contributed by atoms with Gasteiger partial charge in [-0.05, 0) is 42.0 Å². The second kappa shape index (κ2) is 9.00. The quantitative estimate of drug-likeness (QED) is 0.300. The number of hydrogen-bond acceptors (Lipinski definition) is 7. The fourth-order valence-electron chi connectivity index (χ4n) is 3.84. The second-order valence-electron chi connectivity index (χ2n) is 8.15. The number of nitrogens with two attached hydrogens (primary N) is 2. The van der Waals surface area contributed by atoms with Crippen molar-refractivity contribution in [3.8, 4) is 16.8 Å². The van der Waals surface area contributed by atoms with E-state index < -0.39 is 33.5 Å². The molecule has 0 aliphatic rings. The molecule has 10 nitrogen and oxygen atoms in total. The van der Waals surface area contributed by atoms with Crippen LogP contribution in [0.5, 0.6) is 0 Å². The van der Waals surface area contributed by atoms with Crippen LogP contribution in [0.2, 0.25) is 0 Å². The van der Waals surface area contributed by atoms with E-state index in [9.17, 15) is 26.4 Å². The van der Waals surface area contributed by atoms with Crippen LogP contribution in [0.25, 0.3) is 27.8 Å². The number of nitrogen functional groups attached to an aromatic ring is 1. The molecule has 38 heavy (non-hydrogen) atoms. The van der Waals surface area contributed by atoms with Gasteiger partial charge in [0.25, 0.3) is 5.91 Å². The largest absolute Gasteiger partial charge is 0.435 e. The van der Waals surface area contributed by atoms with E-state index in [4.69, 9.17) is 15.4 Å². The number of anilines is 2. The van der Waals surface area contributed by atoms with Crippen molar-refractivity contribution in [2.75, 3.05) is 11.1 Å². The second-order valence-corrected chi connectivity index (χ2v) is 9.68. The third-order valence-electron chi connectivity index (χ3n) is 5.61. The number of benzene rings is 3. The summed E-state index contributed by atoms with van der Waals surface area (Å²) in [6.07, 6.45) is -4.81. The number of rotatable bonds is 5. The van der Waals surface area contributed by atoms with Gasteiger partial charge in [0.1, 0.15) is 5.69 Å². The molecule has 5 rings (SSSR count). The van der Waals surface area contributed by atoms with E-state index in [1.54, 1.807) is 24.3 Å². The van der Waals surface area contributed by atoms with Gasteiger partial charge in [0, 0.05) is 17.3 Å². The predicted molar refractivity (Wildman–Crippen MR) is 132 cm³/mol. The van der Waals surface area contributed by atoms with Crippen molar-refractivity contribution in [2.24, 2.45) is 5.14 Å². The first-order chi connectivity index (χ1) is 17.9. The summed E-state index contributed by atoms with van der Waals surface area (Å²) in [5.74, 6) is -0.843.